The Bertz CT molecular complexity index is 479. The Morgan fingerprint density at radius 3 is 2.47 bits per heavy atom. The zero-order chi connectivity index (χ0) is 9.97. The standard InChI is InChI=1S/C11H10N2O.ClH/c12-11(14)13-10-7-3-5-8-4-1-2-6-9(8)10;/h1-7H,(H3,12,13,14);1H. The largest absolute Gasteiger partial charge is 0.351 e. The van der Waals surface area contributed by atoms with Crippen LogP contribution in [0.1, 0.15) is 0 Å². The number of nitrogens with one attached hydrogen (secondary N) is 1. The SMILES string of the molecule is Cl.NC(=O)Nc1cccc2ccccc12. The van der Waals surface area contributed by atoms with Crippen molar-refractivity contribution in [1.82, 2.24) is 0 Å². The van der Waals surface area contributed by atoms with Crippen LogP contribution in [0.3, 0.4) is 0 Å². The molecule has 4 heteroatoms. The molecule has 0 saturated carbocycles. The molecule has 0 unspecified atom stereocenters. The molecule has 3 nitrogen and oxygen atoms in total. The van der Waals surface area contributed by atoms with Crippen LogP contribution >= 0.6 is 12.4 Å². The Kier molecular flexibility index (Phi) is 3.52. The van der Waals surface area contributed by atoms with Gasteiger partial charge in [0.05, 0.1) is 5.69 Å². The third kappa shape index (κ3) is 2.39. The number of rotatable bonds is 1. The number of hydrogen-bond acceptors (Lipinski definition) is 1. The zero-order valence-corrected chi connectivity index (χ0v) is 8.75. The first-order valence-corrected chi connectivity index (χ1v) is 4.31. The van der Waals surface area contributed by atoms with Crippen LogP contribution in [0.15, 0.2) is 42.5 Å². The molecule has 0 radical (unpaired) electrons. The van der Waals surface area contributed by atoms with Gasteiger partial charge in [0.15, 0.2) is 0 Å². The van der Waals surface area contributed by atoms with Gasteiger partial charge in [-0.05, 0) is 11.5 Å². The van der Waals surface area contributed by atoms with E-state index in [1.807, 2.05) is 42.5 Å². The van der Waals surface area contributed by atoms with Crippen LogP contribution in [0.25, 0.3) is 10.8 Å². The van der Waals surface area contributed by atoms with E-state index in [4.69, 9.17) is 5.73 Å². The number of halogens is 1. The number of fused-ring (bicyclic) bond motifs is 1. The van der Waals surface area contributed by atoms with Crippen LogP contribution in [0.2, 0.25) is 0 Å². The number of urea groups is 1. The van der Waals surface area contributed by atoms with Gasteiger partial charge in [0, 0.05) is 5.39 Å². The molecular weight excluding hydrogens is 212 g/mol. The monoisotopic (exact) mass is 222 g/mol. The van der Waals surface area contributed by atoms with E-state index in [0.29, 0.717) is 0 Å². The van der Waals surface area contributed by atoms with Crippen molar-refractivity contribution in [2.75, 3.05) is 5.32 Å². The molecule has 0 atom stereocenters. The third-order valence-electron chi connectivity index (χ3n) is 2.05. The van der Waals surface area contributed by atoms with E-state index in [1.165, 1.54) is 0 Å². The fraction of sp³-hybridized carbons (Fsp3) is 0. The van der Waals surface area contributed by atoms with Gasteiger partial charge in [0.25, 0.3) is 0 Å². The Morgan fingerprint density at radius 2 is 1.73 bits per heavy atom. The van der Waals surface area contributed by atoms with Gasteiger partial charge in [-0.25, -0.2) is 4.79 Å². The summed E-state index contributed by atoms with van der Waals surface area (Å²) in [5.41, 5.74) is 5.81. The molecular formula is C11H11ClN2O. The highest BCUT2D eigenvalue weighted by atomic mass is 35.5. The summed E-state index contributed by atoms with van der Waals surface area (Å²) in [5, 5.41) is 4.66. The molecule has 0 fully saturated rings. The van der Waals surface area contributed by atoms with Crippen LogP contribution in [0.4, 0.5) is 10.5 Å². The second-order valence-corrected chi connectivity index (χ2v) is 3.02. The molecule has 2 aromatic rings. The summed E-state index contributed by atoms with van der Waals surface area (Å²) in [6, 6.07) is 13.0. The first-order chi connectivity index (χ1) is 6.77. The molecule has 0 aromatic heterocycles. The van der Waals surface area contributed by atoms with Crippen LogP contribution in [-0.2, 0) is 0 Å². The maximum atomic E-state index is 10.7. The van der Waals surface area contributed by atoms with E-state index in [0.717, 1.165) is 16.5 Å². The maximum Gasteiger partial charge on any atom is 0.316 e. The molecule has 0 aliphatic carbocycles. The summed E-state index contributed by atoms with van der Waals surface area (Å²) in [4.78, 5) is 10.7. The van der Waals surface area contributed by atoms with Crippen molar-refractivity contribution in [3.05, 3.63) is 42.5 Å². The smallest absolute Gasteiger partial charge is 0.316 e. The molecule has 0 aliphatic rings. The molecule has 78 valence electrons. The topological polar surface area (TPSA) is 55.1 Å². The predicted molar refractivity (Wildman–Crippen MR) is 64.4 cm³/mol. The van der Waals surface area contributed by atoms with Crippen molar-refractivity contribution in [2.24, 2.45) is 5.73 Å². The zero-order valence-electron chi connectivity index (χ0n) is 7.94. The van der Waals surface area contributed by atoms with Gasteiger partial charge in [0.1, 0.15) is 0 Å². The molecule has 0 bridgehead atoms. The molecule has 0 heterocycles. The van der Waals surface area contributed by atoms with Gasteiger partial charge in [-0.1, -0.05) is 36.4 Å². The lowest BCUT2D eigenvalue weighted by Crippen LogP contribution is -2.19. The Hall–Kier alpha value is -1.74. The first-order valence-electron chi connectivity index (χ1n) is 4.31. The van der Waals surface area contributed by atoms with Crippen molar-refractivity contribution in [3.8, 4) is 0 Å². The van der Waals surface area contributed by atoms with Crippen LogP contribution in [0, 0.1) is 0 Å². The lowest BCUT2D eigenvalue weighted by Gasteiger charge is -2.05. The van der Waals surface area contributed by atoms with E-state index < -0.39 is 6.03 Å². The number of benzene rings is 2. The van der Waals surface area contributed by atoms with Crippen molar-refractivity contribution in [2.45, 2.75) is 0 Å². The van der Waals surface area contributed by atoms with Gasteiger partial charge in [0.2, 0.25) is 0 Å². The van der Waals surface area contributed by atoms with Crippen molar-refractivity contribution in [1.29, 1.82) is 0 Å². The fourth-order valence-electron chi connectivity index (χ4n) is 1.47. The quantitative estimate of drug-likeness (QED) is 0.766. The summed E-state index contributed by atoms with van der Waals surface area (Å²) in [7, 11) is 0. The lowest BCUT2D eigenvalue weighted by molar-refractivity contribution is 0.259. The number of hydrogen-bond donors (Lipinski definition) is 2. The summed E-state index contributed by atoms with van der Waals surface area (Å²) in [5.74, 6) is 0. The van der Waals surface area contributed by atoms with E-state index in [1.54, 1.807) is 0 Å². The number of nitrogens with two attached hydrogens (primary N) is 1. The fourth-order valence-corrected chi connectivity index (χ4v) is 1.47. The molecule has 3 N–H and O–H groups in total. The van der Waals surface area contributed by atoms with Gasteiger partial charge < -0.3 is 11.1 Å². The van der Waals surface area contributed by atoms with Crippen molar-refractivity contribution < 1.29 is 4.79 Å². The normalized spacial score (nSPS) is 9.33. The minimum atomic E-state index is -0.540. The second kappa shape index (κ2) is 4.66. The Labute approximate surface area is 93.7 Å². The van der Waals surface area contributed by atoms with Gasteiger partial charge in [-0.3, -0.25) is 0 Å². The summed E-state index contributed by atoms with van der Waals surface area (Å²) >= 11 is 0. The number of amides is 2. The average Bonchev–Trinajstić information content (AvgIpc) is 2.18. The molecule has 2 amide bonds. The highest BCUT2D eigenvalue weighted by molar-refractivity contribution is 6.00. The summed E-state index contributed by atoms with van der Waals surface area (Å²) in [6.45, 7) is 0. The molecule has 2 rings (SSSR count). The molecule has 15 heavy (non-hydrogen) atoms. The first kappa shape index (κ1) is 11.3. The van der Waals surface area contributed by atoms with Gasteiger partial charge in [-0.2, -0.15) is 0 Å². The minimum absolute atomic E-state index is 0. The number of carbonyl (C=O) groups is 1. The molecule has 0 spiro atoms. The Balaban J connectivity index is 0.00000112. The number of anilines is 1. The minimum Gasteiger partial charge on any atom is -0.351 e. The molecule has 0 aliphatic heterocycles. The van der Waals surface area contributed by atoms with Gasteiger partial charge >= 0.3 is 6.03 Å². The van der Waals surface area contributed by atoms with Crippen LogP contribution in [-0.4, -0.2) is 6.03 Å². The maximum absolute atomic E-state index is 10.7. The van der Waals surface area contributed by atoms with Crippen LogP contribution < -0.4 is 11.1 Å². The average molecular weight is 223 g/mol. The van der Waals surface area contributed by atoms with Crippen molar-refractivity contribution in [3.63, 3.8) is 0 Å². The second-order valence-electron chi connectivity index (χ2n) is 3.02. The van der Waals surface area contributed by atoms with E-state index in [2.05, 4.69) is 5.32 Å². The van der Waals surface area contributed by atoms with Crippen LogP contribution in [0.5, 0.6) is 0 Å². The molecule has 2 aromatic carbocycles. The predicted octanol–water partition coefficient (Wildman–Crippen LogP) is 2.75. The number of carbonyl (C=O) groups excluding carboxylic acids is 1. The highest BCUT2D eigenvalue weighted by Crippen LogP contribution is 2.22. The Morgan fingerprint density at radius 1 is 1.07 bits per heavy atom. The summed E-state index contributed by atoms with van der Waals surface area (Å²) in [6.07, 6.45) is 0. The van der Waals surface area contributed by atoms with Gasteiger partial charge in [-0.15, -0.1) is 12.4 Å². The third-order valence-corrected chi connectivity index (χ3v) is 2.05. The van der Waals surface area contributed by atoms with E-state index in [-0.39, 0.29) is 12.4 Å². The number of primary amides is 1. The summed E-state index contributed by atoms with van der Waals surface area (Å²) < 4.78 is 0. The van der Waals surface area contributed by atoms with Crippen molar-refractivity contribution >= 4 is 34.9 Å². The highest BCUT2D eigenvalue weighted by Gasteiger charge is 2.00. The van der Waals surface area contributed by atoms with E-state index in [9.17, 15) is 4.79 Å². The lowest BCUT2D eigenvalue weighted by atomic mass is 10.1. The van der Waals surface area contributed by atoms with E-state index >= 15 is 0 Å². The molecule has 0 saturated heterocycles.